The smallest absolute Gasteiger partial charge is 0.353 e. The lowest BCUT2D eigenvalue weighted by Gasteiger charge is -2.53. The normalized spacial score (nSPS) is 29.9. The molecule has 13 N–H and O–H groups in total. The Balaban J connectivity index is 0.000000215. The topological polar surface area (TPSA) is 404 Å². The van der Waals surface area contributed by atoms with Gasteiger partial charge in [-0.05, 0) is 49.9 Å². The molecule has 1 aromatic heterocycles. The van der Waals surface area contributed by atoms with Crippen molar-refractivity contribution in [1.82, 2.24) is 29.6 Å². The summed E-state index contributed by atoms with van der Waals surface area (Å²) in [6.45, 7) is 7.49. The maximum atomic E-state index is 13.3. The van der Waals surface area contributed by atoms with E-state index in [-0.39, 0.29) is 76.5 Å². The summed E-state index contributed by atoms with van der Waals surface area (Å²) in [7, 11) is 6.39. The number of nitrogens with two attached hydrogens (primary N) is 1. The molecule has 6 aliphatic rings. The third-order valence-corrected chi connectivity index (χ3v) is 15.5. The second-order valence-electron chi connectivity index (χ2n) is 18.5. The number of β-lactam (4-membered cyclic amide) rings is 1. The van der Waals surface area contributed by atoms with Gasteiger partial charge in [0.05, 0.1) is 54.3 Å². The van der Waals surface area contributed by atoms with Crippen molar-refractivity contribution in [3.05, 3.63) is 84.7 Å². The number of amides is 3. The number of thioether (sulfide) groups is 1. The molecule has 0 saturated carbocycles. The molecule has 0 spiro atoms. The molecular weight excluding hydrogens is 957 g/mol. The maximum absolute atomic E-state index is 13.3. The van der Waals surface area contributed by atoms with Crippen molar-refractivity contribution in [3.63, 3.8) is 0 Å². The van der Waals surface area contributed by atoms with Crippen molar-refractivity contribution < 1.29 is 80.0 Å². The first-order valence-electron chi connectivity index (χ1n) is 22.2. The number of hydrogen-bond acceptors (Lipinski definition) is 19. The molecule has 0 unspecified atom stereocenters. The molecule has 2 aromatic rings. The predicted molar refractivity (Wildman–Crippen MR) is 250 cm³/mol. The molecule has 2 fully saturated rings. The molecule has 4 heterocycles. The summed E-state index contributed by atoms with van der Waals surface area (Å²) < 4.78 is 1.36. The van der Waals surface area contributed by atoms with Crippen LogP contribution in [0.4, 0.5) is 5.82 Å². The minimum absolute atomic E-state index is 0. The SMILES string of the molecule is C[C@@H](O)[C@H]1C(=O)N2C(C(=O)O)=C(S[C@@H]3CN[C@H](C(=O)N(C)C)C3)[C@H](C)[C@H]12.C[C@H]1c2cccc(O)c2C(=O)C2=C(O)[C@]3(O)C(=O)C(C(N)=O)=C(O)[C@@H](N(C)C)[C@@H]3[C@@H](O)[C@@H]21.Cc1ncc([N+](=O)[O-])n1CCO.O. The van der Waals surface area contributed by atoms with Crippen molar-refractivity contribution in [1.29, 1.82) is 0 Å². The standard InChI is InChI=1S/C22H24N2O8.C17H25N3O5S.C6H9N3O3.H2O/c1-7-8-5-4-6-9(25)11(8)16(26)12-10(7)17(27)14-15(24(2)3)18(28)13(21(23)31)20(30)22(14,32)19(12)29;1-7-12-11(8(2)21)16(23)20(12)13(17(24)25)14(7)26-9-5-10(18-6-9)15(22)19(3)4;1-5-7-4-6(9(11)12)8(5)2-3-10;/h4-7,10,14-15,17,25,27-29,32H,1-3H3,(H2,23,31);7-12,18,21H,5-6H2,1-4H3,(H,24,25);4,10H,2-3H2,1H3;1H2/t7-,10+,14+,15-,17-,22-;7-,8-,9+,10+,11-,12-;;/m01../s1. The number of nitrogens with one attached hydrogen (secondary N) is 1. The monoisotopic (exact) mass is 1020 g/mol. The fourth-order valence-corrected chi connectivity index (χ4v) is 12.2. The second kappa shape index (κ2) is 20.8. The van der Waals surface area contributed by atoms with Crippen molar-refractivity contribution in [2.24, 2.45) is 29.4 Å². The minimum Gasteiger partial charge on any atom is -0.510 e. The van der Waals surface area contributed by atoms with Crippen molar-refractivity contribution in [2.75, 3.05) is 41.3 Å². The van der Waals surface area contributed by atoms with Crippen LogP contribution < -0.4 is 11.1 Å². The highest BCUT2D eigenvalue weighted by Crippen LogP contribution is 2.56. The highest BCUT2D eigenvalue weighted by molar-refractivity contribution is 8.03. The molecule has 0 bridgehead atoms. The van der Waals surface area contributed by atoms with E-state index < -0.39 is 98.6 Å². The average Bonchev–Trinajstić information content (AvgIpc) is 3.96. The van der Waals surface area contributed by atoms with E-state index in [1.807, 2.05) is 6.92 Å². The molecule has 3 aliphatic carbocycles. The van der Waals surface area contributed by atoms with Gasteiger partial charge in [0.15, 0.2) is 17.2 Å². The number of imidazole rings is 1. The molecule has 388 valence electrons. The van der Waals surface area contributed by atoms with E-state index in [0.29, 0.717) is 29.3 Å². The zero-order chi connectivity index (χ0) is 52.3. The predicted octanol–water partition coefficient (Wildman–Crippen LogP) is -1.39. The Bertz CT molecular complexity index is 2630. The van der Waals surface area contributed by atoms with Crippen molar-refractivity contribution >= 4 is 52.8 Å². The fourth-order valence-electron chi connectivity index (χ4n) is 10.7. The number of ketones is 2. The van der Waals surface area contributed by atoms with Crippen LogP contribution in [-0.4, -0.2) is 193 Å². The molecule has 25 nitrogen and oxygen atoms in total. The van der Waals surface area contributed by atoms with Gasteiger partial charge in [-0.1, -0.05) is 26.0 Å². The zero-order valence-electron chi connectivity index (χ0n) is 40.0. The lowest BCUT2D eigenvalue weighted by Crippen LogP contribution is -2.68. The second-order valence-corrected chi connectivity index (χ2v) is 19.9. The number of aliphatic carboxylic acids is 1. The van der Waals surface area contributed by atoms with Gasteiger partial charge in [-0.2, -0.15) is 0 Å². The Hall–Kier alpha value is -6.26. The van der Waals surface area contributed by atoms with Crippen LogP contribution in [0.3, 0.4) is 0 Å². The molecule has 8 rings (SSSR count). The van der Waals surface area contributed by atoms with E-state index >= 15 is 0 Å². The molecular formula is C45H60N8O17S. The van der Waals surface area contributed by atoms with Gasteiger partial charge in [0, 0.05) is 55.1 Å². The van der Waals surface area contributed by atoms with Gasteiger partial charge in [-0.15, -0.1) is 11.8 Å². The number of aryl methyl sites for hydroxylation is 1. The van der Waals surface area contributed by atoms with Gasteiger partial charge in [0.1, 0.15) is 41.3 Å². The summed E-state index contributed by atoms with van der Waals surface area (Å²) in [6, 6.07) is 2.60. The summed E-state index contributed by atoms with van der Waals surface area (Å²) in [5, 5.41) is 96.8. The minimum atomic E-state index is -2.89. The van der Waals surface area contributed by atoms with E-state index in [4.69, 9.17) is 10.8 Å². The number of carboxylic acid groups (broad SMARTS) is 1. The van der Waals surface area contributed by atoms with Gasteiger partial charge < -0.3 is 77.3 Å². The Morgan fingerprint density at radius 3 is 2.27 bits per heavy atom. The summed E-state index contributed by atoms with van der Waals surface area (Å²) in [6.07, 6.45) is -0.595. The van der Waals surface area contributed by atoms with Gasteiger partial charge in [-0.3, -0.25) is 28.9 Å². The van der Waals surface area contributed by atoms with Crippen LogP contribution in [0.25, 0.3) is 0 Å². The lowest BCUT2D eigenvalue weighted by molar-refractivity contribution is -0.392. The highest BCUT2D eigenvalue weighted by atomic mass is 32.2. The van der Waals surface area contributed by atoms with Crippen LogP contribution in [0.1, 0.15) is 54.9 Å². The van der Waals surface area contributed by atoms with Crippen LogP contribution in [0.5, 0.6) is 5.75 Å². The van der Waals surface area contributed by atoms with Crippen molar-refractivity contribution in [3.8, 4) is 5.75 Å². The number of primary amides is 1. The number of nitro groups is 1. The maximum Gasteiger partial charge on any atom is 0.353 e. The molecule has 1 aromatic carbocycles. The van der Waals surface area contributed by atoms with Crippen molar-refractivity contribution in [2.45, 2.75) is 87.8 Å². The number of hydrogen-bond donors (Lipinski definition) is 10. The number of rotatable bonds is 10. The van der Waals surface area contributed by atoms with Crippen LogP contribution in [-0.2, 0) is 30.5 Å². The number of aliphatic hydroxyl groups is 6. The van der Waals surface area contributed by atoms with Crippen LogP contribution in [0.2, 0.25) is 0 Å². The summed E-state index contributed by atoms with van der Waals surface area (Å²) >= 11 is 1.45. The number of aromatic nitrogens is 2. The Kier molecular flexibility index (Phi) is 16.3. The van der Waals surface area contributed by atoms with Crippen LogP contribution >= 0.6 is 11.8 Å². The largest absolute Gasteiger partial charge is 0.510 e. The first-order chi connectivity index (χ1) is 32.7. The summed E-state index contributed by atoms with van der Waals surface area (Å²) in [4.78, 5) is 93.2. The van der Waals surface area contributed by atoms with Gasteiger partial charge >= 0.3 is 11.8 Å². The number of fused-ring (bicyclic) bond motifs is 4. The van der Waals surface area contributed by atoms with E-state index in [2.05, 4.69) is 10.3 Å². The number of nitrogens with zero attached hydrogens (tertiary/aromatic N) is 6. The molecule has 2 saturated heterocycles. The number of phenolic OH excluding ortho intramolecular Hbond substituents is 1. The van der Waals surface area contributed by atoms with E-state index in [1.54, 1.807) is 51.9 Å². The van der Waals surface area contributed by atoms with E-state index in [1.165, 1.54) is 52.5 Å². The molecule has 12 atom stereocenters. The van der Waals surface area contributed by atoms with E-state index in [9.17, 15) is 74.6 Å². The number of likely N-dealkylation sites (N-methyl/N-ethyl adjacent to an activating group) is 2. The Morgan fingerprint density at radius 1 is 1.10 bits per heavy atom. The van der Waals surface area contributed by atoms with Gasteiger partial charge in [-0.25, -0.2) is 14.3 Å². The van der Waals surface area contributed by atoms with Crippen LogP contribution in [0.15, 0.2) is 57.7 Å². The van der Waals surface area contributed by atoms with Crippen LogP contribution in [0, 0.1) is 40.7 Å². The molecule has 3 amide bonds. The fraction of sp³-hybridized carbons (Fsp3) is 0.533. The number of carbonyl (C=O) groups is 6. The van der Waals surface area contributed by atoms with E-state index in [0.717, 1.165) is 0 Å². The third-order valence-electron chi connectivity index (χ3n) is 14.0. The van der Waals surface area contributed by atoms with Gasteiger partial charge in [0.25, 0.3) is 5.91 Å². The Morgan fingerprint density at radius 2 is 1.73 bits per heavy atom. The van der Waals surface area contributed by atoms with Gasteiger partial charge in [0.2, 0.25) is 17.6 Å². The number of phenols is 1. The molecule has 3 aliphatic heterocycles. The summed E-state index contributed by atoms with van der Waals surface area (Å²) in [5.74, 6) is -10.5. The average molecular weight is 1020 g/mol. The Labute approximate surface area is 410 Å². The quantitative estimate of drug-likeness (QED) is 0.0567. The number of carbonyl (C=O) groups excluding carboxylic acids is 5. The third kappa shape index (κ3) is 9.17. The number of Topliss-reactive ketones (excluding diaryl/α,β-unsaturated/α-hetero) is 2. The summed E-state index contributed by atoms with van der Waals surface area (Å²) in [5.41, 5.74) is 1.40. The molecule has 71 heavy (non-hydrogen) atoms. The first-order valence-corrected chi connectivity index (χ1v) is 23.1. The molecule has 26 heteroatoms. The number of aliphatic hydroxyl groups excluding tert-OH is 5. The highest BCUT2D eigenvalue weighted by Gasteiger charge is 2.67. The number of carboxylic acids is 1. The number of benzene rings is 1. The molecule has 0 radical (unpaired) electrons. The first kappa shape index (κ1) is 55.7. The zero-order valence-corrected chi connectivity index (χ0v) is 40.8. The lowest BCUT2D eigenvalue weighted by atomic mass is 9.55. The number of aromatic hydroxyl groups is 1.